The normalized spacial score (nSPS) is 12.3. The van der Waals surface area contributed by atoms with Crippen molar-refractivity contribution in [1.82, 2.24) is 14.7 Å². The van der Waals surface area contributed by atoms with Crippen molar-refractivity contribution >= 4 is 22.2 Å². The molecule has 0 spiro atoms. The molecule has 1 atom stereocenters. The van der Waals surface area contributed by atoms with E-state index in [2.05, 4.69) is 27.0 Å². The first-order chi connectivity index (χ1) is 12.1. The van der Waals surface area contributed by atoms with Crippen LogP contribution in [0, 0.1) is 0 Å². The van der Waals surface area contributed by atoms with Gasteiger partial charge >= 0.3 is 0 Å². The summed E-state index contributed by atoms with van der Waals surface area (Å²) in [6.07, 6.45) is 4.18. The summed E-state index contributed by atoms with van der Waals surface area (Å²) >= 11 is 1.60. The lowest BCUT2D eigenvalue weighted by molar-refractivity contribution is -0.121. The first kappa shape index (κ1) is 17.5. The van der Waals surface area contributed by atoms with Gasteiger partial charge in [-0.1, -0.05) is 6.92 Å². The van der Waals surface area contributed by atoms with E-state index in [1.807, 2.05) is 37.4 Å². The van der Waals surface area contributed by atoms with Gasteiger partial charge in [-0.3, -0.25) is 9.20 Å². The largest absolute Gasteiger partial charge is 0.497 e. The molecule has 5 nitrogen and oxygen atoms in total. The van der Waals surface area contributed by atoms with Gasteiger partial charge in [-0.15, -0.1) is 11.3 Å². The molecule has 25 heavy (non-hydrogen) atoms. The summed E-state index contributed by atoms with van der Waals surface area (Å²) in [6, 6.07) is 8.10. The Morgan fingerprint density at radius 2 is 2.12 bits per heavy atom. The van der Waals surface area contributed by atoms with E-state index in [0.717, 1.165) is 34.1 Å². The lowest BCUT2D eigenvalue weighted by Crippen LogP contribution is -2.32. The van der Waals surface area contributed by atoms with E-state index < -0.39 is 0 Å². The molecule has 1 aromatic carbocycles. The van der Waals surface area contributed by atoms with Crippen LogP contribution in [0.25, 0.3) is 16.2 Å². The van der Waals surface area contributed by atoms with Crippen molar-refractivity contribution in [3.63, 3.8) is 0 Å². The number of carbonyl (C=O) groups excluding carboxylic acids is 1. The smallest absolute Gasteiger partial charge is 0.220 e. The zero-order valence-electron chi connectivity index (χ0n) is 14.8. The topological polar surface area (TPSA) is 55.6 Å². The zero-order valence-corrected chi connectivity index (χ0v) is 15.6. The molecule has 0 saturated heterocycles. The number of hydrogen-bond donors (Lipinski definition) is 1. The third kappa shape index (κ3) is 4.02. The minimum absolute atomic E-state index is 0.101. The van der Waals surface area contributed by atoms with Crippen LogP contribution >= 0.6 is 11.3 Å². The van der Waals surface area contributed by atoms with Gasteiger partial charge in [0, 0.05) is 35.3 Å². The van der Waals surface area contributed by atoms with Crippen LogP contribution in [-0.4, -0.2) is 28.4 Å². The van der Waals surface area contributed by atoms with Crippen LogP contribution in [0.1, 0.15) is 32.4 Å². The first-order valence-electron chi connectivity index (χ1n) is 8.50. The molecule has 0 radical (unpaired) electrons. The quantitative estimate of drug-likeness (QED) is 0.697. The Hall–Kier alpha value is -2.34. The van der Waals surface area contributed by atoms with E-state index >= 15 is 0 Å². The van der Waals surface area contributed by atoms with Crippen molar-refractivity contribution in [3.8, 4) is 17.0 Å². The zero-order chi connectivity index (χ0) is 17.8. The van der Waals surface area contributed by atoms with Crippen LogP contribution in [0.5, 0.6) is 5.75 Å². The fraction of sp³-hybridized carbons (Fsp3) is 0.368. The van der Waals surface area contributed by atoms with Crippen molar-refractivity contribution in [2.45, 2.75) is 39.2 Å². The Morgan fingerprint density at radius 3 is 2.80 bits per heavy atom. The van der Waals surface area contributed by atoms with Crippen molar-refractivity contribution in [2.24, 2.45) is 0 Å². The Balaban J connectivity index is 1.73. The highest BCUT2D eigenvalue weighted by Gasteiger charge is 2.12. The summed E-state index contributed by atoms with van der Waals surface area (Å²) in [5.74, 6) is 0.932. The van der Waals surface area contributed by atoms with Gasteiger partial charge in [-0.05, 0) is 44.0 Å². The number of benzene rings is 1. The number of rotatable bonds is 7. The minimum Gasteiger partial charge on any atom is -0.497 e. The molecule has 0 fully saturated rings. The van der Waals surface area contributed by atoms with Gasteiger partial charge in [0.2, 0.25) is 5.91 Å². The van der Waals surface area contributed by atoms with Crippen LogP contribution in [0.4, 0.5) is 0 Å². The number of thiazole rings is 1. The number of amides is 1. The van der Waals surface area contributed by atoms with Gasteiger partial charge in [0.05, 0.1) is 12.8 Å². The Bertz CT molecular complexity index is 851. The number of fused-ring (bicyclic) bond motifs is 1. The molecule has 0 bridgehead atoms. The molecule has 1 N–H and O–H groups in total. The lowest BCUT2D eigenvalue weighted by atomic mass is 10.1. The molecule has 2 aromatic heterocycles. The third-order valence-corrected chi connectivity index (χ3v) is 5.19. The van der Waals surface area contributed by atoms with Gasteiger partial charge in [0.1, 0.15) is 5.75 Å². The molecule has 1 amide bonds. The minimum atomic E-state index is 0.101. The summed E-state index contributed by atoms with van der Waals surface area (Å²) < 4.78 is 7.28. The molecule has 2 heterocycles. The van der Waals surface area contributed by atoms with E-state index in [4.69, 9.17) is 4.74 Å². The second-order valence-electron chi connectivity index (χ2n) is 6.11. The summed E-state index contributed by atoms with van der Waals surface area (Å²) in [6.45, 7) is 4.09. The lowest BCUT2D eigenvalue weighted by Gasteiger charge is -2.10. The Kier molecular flexibility index (Phi) is 5.38. The fourth-order valence-electron chi connectivity index (χ4n) is 2.60. The second kappa shape index (κ2) is 7.70. The summed E-state index contributed by atoms with van der Waals surface area (Å²) in [5, 5.41) is 5.09. The summed E-state index contributed by atoms with van der Waals surface area (Å²) in [4.78, 5) is 17.6. The predicted molar refractivity (Wildman–Crippen MR) is 101 cm³/mol. The van der Waals surface area contributed by atoms with Gasteiger partial charge in [-0.25, -0.2) is 4.98 Å². The number of nitrogens with zero attached hydrogens (tertiary/aromatic N) is 2. The monoisotopic (exact) mass is 357 g/mol. The SMILES string of the molecule is CCC(C)NC(=O)CCc1csc2nc(-c3ccc(OC)cc3)cn12. The maximum absolute atomic E-state index is 12.0. The van der Waals surface area contributed by atoms with Crippen LogP contribution in [-0.2, 0) is 11.2 Å². The molecule has 0 aliphatic carbocycles. The molecule has 132 valence electrons. The van der Waals surface area contributed by atoms with Crippen molar-refractivity contribution in [1.29, 1.82) is 0 Å². The third-order valence-electron chi connectivity index (χ3n) is 4.30. The molecule has 1 unspecified atom stereocenters. The highest BCUT2D eigenvalue weighted by molar-refractivity contribution is 7.15. The Labute approximate surface area is 151 Å². The van der Waals surface area contributed by atoms with Crippen molar-refractivity contribution in [2.75, 3.05) is 7.11 Å². The molecule has 0 aliphatic rings. The number of aryl methyl sites for hydroxylation is 1. The van der Waals surface area contributed by atoms with E-state index in [1.54, 1.807) is 18.4 Å². The number of hydrogen-bond acceptors (Lipinski definition) is 4. The standard InChI is InChI=1S/C19H23N3O2S/c1-4-13(2)20-18(23)10-7-15-12-25-19-21-17(11-22(15)19)14-5-8-16(24-3)9-6-14/h5-6,8-9,11-13H,4,7,10H2,1-3H3,(H,20,23). The summed E-state index contributed by atoms with van der Waals surface area (Å²) in [7, 11) is 1.66. The molecular formula is C19H23N3O2S. The van der Waals surface area contributed by atoms with Crippen LogP contribution in [0.3, 0.4) is 0 Å². The molecule has 0 saturated carbocycles. The maximum atomic E-state index is 12.0. The number of aromatic nitrogens is 2. The molecule has 3 aromatic rings. The van der Waals surface area contributed by atoms with E-state index in [9.17, 15) is 4.79 Å². The van der Waals surface area contributed by atoms with Crippen molar-refractivity contribution < 1.29 is 9.53 Å². The highest BCUT2D eigenvalue weighted by Crippen LogP contribution is 2.25. The van der Waals surface area contributed by atoms with Gasteiger partial charge in [0.25, 0.3) is 0 Å². The number of imidazole rings is 1. The number of methoxy groups -OCH3 is 1. The number of nitrogens with one attached hydrogen (secondary N) is 1. The molecule has 6 heteroatoms. The Morgan fingerprint density at radius 1 is 1.36 bits per heavy atom. The molecule has 3 rings (SSSR count). The number of ether oxygens (including phenoxy) is 1. The van der Waals surface area contributed by atoms with E-state index in [0.29, 0.717) is 12.8 Å². The van der Waals surface area contributed by atoms with Crippen molar-refractivity contribution in [3.05, 3.63) is 41.5 Å². The number of carbonyl (C=O) groups is 1. The molecule has 0 aliphatic heterocycles. The van der Waals surface area contributed by atoms with Gasteiger partial charge in [0.15, 0.2) is 4.96 Å². The average molecular weight is 357 g/mol. The van der Waals surface area contributed by atoms with Crippen LogP contribution in [0.2, 0.25) is 0 Å². The highest BCUT2D eigenvalue weighted by atomic mass is 32.1. The molecular weight excluding hydrogens is 334 g/mol. The van der Waals surface area contributed by atoms with Crippen LogP contribution in [0.15, 0.2) is 35.8 Å². The van der Waals surface area contributed by atoms with E-state index in [-0.39, 0.29) is 11.9 Å². The van der Waals surface area contributed by atoms with Gasteiger partial charge < -0.3 is 10.1 Å². The van der Waals surface area contributed by atoms with Gasteiger partial charge in [-0.2, -0.15) is 0 Å². The second-order valence-corrected chi connectivity index (χ2v) is 6.95. The predicted octanol–water partition coefficient (Wildman–Crippen LogP) is 3.92. The first-order valence-corrected chi connectivity index (χ1v) is 9.38. The van der Waals surface area contributed by atoms with E-state index in [1.165, 1.54) is 0 Å². The van der Waals surface area contributed by atoms with Crippen LogP contribution < -0.4 is 10.1 Å². The average Bonchev–Trinajstić information content (AvgIpc) is 3.21. The maximum Gasteiger partial charge on any atom is 0.220 e. The fourth-order valence-corrected chi connectivity index (χ4v) is 3.51. The summed E-state index contributed by atoms with van der Waals surface area (Å²) in [5.41, 5.74) is 3.10.